The highest BCUT2D eigenvalue weighted by atomic mass is 35.5. The Hall–Kier alpha value is -2.85. The van der Waals surface area contributed by atoms with E-state index in [2.05, 4.69) is 15.0 Å². The summed E-state index contributed by atoms with van der Waals surface area (Å²) >= 11 is 7.69. The van der Waals surface area contributed by atoms with Gasteiger partial charge in [0.25, 0.3) is 5.91 Å². The normalized spacial score (nSPS) is 14.5. The number of rotatable bonds is 7. The number of hydrogen-bond acceptors (Lipinski definition) is 7. The maximum absolute atomic E-state index is 14.4. The first kappa shape index (κ1) is 23.9. The lowest BCUT2D eigenvalue weighted by atomic mass is 10.1. The SMILES string of the molecule is Cc1onc(-c2ccccc2Cl)c1C(=O)N(CCCN1CCOCC1)c1nc2c(F)cccc2s1. The first-order chi connectivity index (χ1) is 17.0. The monoisotopic (exact) mass is 514 g/mol. The molecule has 1 aliphatic heterocycles. The number of hydrogen-bond donors (Lipinski definition) is 0. The molecule has 4 aromatic rings. The molecule has 0 saturated carbocycles. The van der Waals surface area contributed by atoms with Crippen LogP contribution in [0.5, 0.6) is 0 Å². The van der Waals surface area contributed by atoms with Crippen molar-refractivity contribution in [1.82, 2.24) is 15.0 Å². The van der Waals surface area contributed by atoms with E-state index in [1.165, 1.54) is 17.4 Å². The van der Waals surface area contributed by atoms with E-state index in [-0.39, 0.29) is 11.4 Å². The van der Waals surface area contributed by atoms with E-state index in [0.717, 1.165) is 26.1 Å². The van der Waals surface area contributed by atoms with Crippen LogP contribution in [0.15, 0.2) is 47.0 Å². The first-order valence-corrected chi connectivity index (χ1v) is 12.6. The van der Waals surface area contributed by atoms with Crippen LogP contribution in [0.4, 0.5) is 9.52 Å². The Balaban J connectivity index is 1.50. The molecular weight excluding hydrogens is 491 g/mol. The van der Waals surface area contributed by atoms with Crippen molar-refractivity contribution in [3.8, 4) is 11.3 Å². The fraction of sp³-hybridized carbons (Fsp3) is 0.320. The van der Waals surface area contributed by atoms with Gasteiger partial charge in [0, 0.05) is 31.7 Å². The number of fused-ring (bicyclic) bond motifs is 1. The smallest absolute Gasteiger partial charge is 0.265 e. The first-order valence-electron chi connectivity index (χ1n) is 11.4. The van der Waals surface area contributed by atoms with Gasteiger partial charge in [0.1, 0.15) is 28.4 Å². The van der Waals surface area contributed by atoms with Crippen LogP contribution in [0, 0.1) is 12.7 Å². The van der Waals surface area contributed by atoms with Crippen molar-refractivity contribution in [3.63, 3.8) is 0 Å². The lowest BCUT2D eigenvalue weighted by Crippen LogP contribution is -2.39. The summed E-state index contributed by atoms with van der Waals surface area (Å²) in [5.41, 5.74) is 1.57. The summed E-state index contributed by atoms with van der Waals surface area (Å²) in [5, 5.41) is 5.05. The average molecular weight is 515 g/mol. The molecule has 2 aromatic carbocycles. The van der Waals surface area contributed by atoms with Gasteiger partial charge in [-0.3, -0.25) is 14.6 Å². The van der Waals surface area contributed by atoms with Crippen molar-refractivity contribution in [2.45, 2.75) is 13.3 Å². The second-order valence-corrected chi connectivity index (χ2v) is 9.71. The minimum Gasteiger partial charge on any atom is -0.379 e. The molecule has 10 heteroatoms. The van der Waals surface area contributed by atoms with Crippen LogP contribution in [-0.2, 0) is 4.74 Å². The molecule has 3 heterocycles. The van der Waals surface area contributed by atoms with E-state index >= 15 is 0 Å². The van der Waals surface area contributed by atoms with Crippen molar-refractivity contribution in [2.24, 2.45) is 0 Å². The molecule has 1 amide bonds. The van der Waals surface area contributed by atoms with Crippen LogP contribution in [0.2, 0.25) is 5.02 Å². The van der Waals surface area contributed by atoms with Crippen LogP contribution in [0.1, 0.15) is 22.5 Å². The van der Waals surface area contributed by atoms with Gasteiger partial charge < -0.3 is 9.26 Å². The molecule has 0 bridgehead atoms. The Morgan fingerprint density at radius 3 is 2.77 bits per heavy atom. The number of thiazole rings is 1. The molecule has 0 N–H and O–H groups in total. The highest BCUT2D eigenvalue weighted by molar-refractivity contribution is 7.22. The van der Waals surface area contributed by atoms with Gasteiger partial charge in [0.05, 0.1) is 22.9 Å². The Morgan fingerprint density at radius 1 is 1.20 bits per heavy atom. The van der Waals surface area contributed by atoms with E-state index in [9.17, 15) is 9.18 Å². The zero-order chi connectivity index (χ0) is 24.4. The Bertz CT molecular complexity index is 1350. The second kappa shape index (κ2) is 10.4. The number of morpholine rings is 1. The van der Waals surface area contributed by atoms with Gasteiger partial charge in [0.15, 0.2) is 5.13 Å². The molecule has 1 saturated heterocycles. The molecule has 0 unspecified atom stereocenters. The van der Waals surface area contributed by atoms with Gasteiger partial charge in [-0.1, -0.05) is 52.4 Å². The summed E-state index contributed by atoms with van der Waals surface area (Å²) in [5.74, 6) is -0.334. The Kier molecular flexibility index (Phi) is 7.10. The third kappa shape index (κ3) is 4.95. The third-order valence-corrected chi connectivity index (χ3v) is 7.37. The Morgan fingerprint density at radius 2 is 2.00 bits per heavy atom. The number of para-hydroxylation sites is 1. The molecule has 2 aromatic heterocycles. The van der Waals surface area contributed by atoms with Crippen LogP contribution in [0.3, 0.4) is 0 Å². The molecule has 1 fully saturated rings. The molecule has 0 atom stereocenters. The van der Waals surface area contributed by atoms with Crippen molar-refractivity contribution in [3.05, 3.63) is 64.6 Å². The summed E-state index contributed by atoms with van der Waals surface area (Å²) in [6.07, 6.45) is 0.718. The molecule has 182 valence electrons. The van der Waals surface area contributed by atoms with E-state index < -0.39 is 5.82 Å². The fourth-order valence-corrected chi connectivity index (χ4v) is 5.41. The lowest BCUT2D eigenvalue weighted by Gasteiger charge is -2.27. The quantitative estimate of drug-likeness (QED) is 0.328. The van der Waals surface area contributed by atoms with Gasteiger partial charge in [-0.05, 0) is 31.5 Å². The second-order valence-electron chi connectivity index (χ2n) is 8.29. The van der Waals surface area contributed by atoms with Crippen molar-refractivity contribution < 1.29 is 18.4 Å². The maximum atomic E-state index is 14.4. The summed E-state index contributed by atoms with van der Waals surface area (Å²) in [7, 11) is 0. The molecule has 1 aliphatic rings. The largest absolute Gasteiger partial charge is 0.379 e. The fourth-order valence-electron chi connectivity index (χ4n) is 4.18. The van der Waals surface area contributed by atoms with Gasteiger partial charge in [0.2, 0.25) is 0 Å². The van der Waals surface area contributed by atoms with Crippen LogP contribution >= 0.6 is 22.9 Å². The lowest BCUT2D eigenvalue weighted by molar-refractivity contribution is 0.0376. The summed E-state index contributed by atoms with van der Waals surface area (Å²) < 4.78 is 26.0. The van der Waals surface area contributed by atoms with E-state index in [0.29, 0.717) is 57.2 Å². The highest BCUT2D eigenvalue weighted by Gasteiger charge is 2.30. The zero-order valence-electron chi connectivity index (χ0n) is 19.2. The van der Waals surface area contributed by atoms with E-state index in [4.69, 9.17) is 20.9 Å². The number of benzene rings is 2. The number of anilines is 1. The molecule has 5 rings (SSSR count). The van der Waals surface area contributed by atoms with Gasteiger partial charge >= 0.3 is 0 Å². The van der Waals surface area contributed by atoms with Crippen molar-refractivity contribution >= 4 is 44.2 Å². The molecular formula is C25H24ClFN4O3S. The number of ether oxygens (including phenoxy) is 1. The predicted molar refractivity (Wildman–Crippen MR) is 135 cm³/mol. The number of carbonyl (C=O) groups excluding carboxylic acids is 1. The molecule has 0 radical (unpaired) electrons. The van der Waals surface area contributed by atoms with Crippen LogP contribution in [0.25, 0.3) is 21.5 Å². The average Bonchev–Trinajstić information content (AvgIpc) is 3.47. The minimum absolute atomic E-state index is 0.256. The van der Waals surface area contributed by atoms with Crippen LogP contribution < -0.4 is 4.90 Å². The molecule has 0 aliphatic carbocycles. The van der Waals surface area contributed by atoms with Gasteiger partial charge in [-0.2, -0.15) is 0 Å². The Labute approximate surface area is 211 Å². The zero-order valence-corrected chi connectivity index (χ0v) is 20.7. The highest BCUT2D eigenvalue weighted by Crippen LogP contribution is 2.35. The van der Waals surface area contributed by atoms with Crippen molar-refractivity contribution in [2.75, 3.05) is 44.3 Å². The van der Waals surface area contributed by atoms with Gasteiger partial charge in [-0.15, -0.1) is 0 Å². The number of aryl methyl sites for hydroxylation is 1. The van der Waals surface area contributed by atoms with Crippen molar-refractivity contribution in [1.29, 1.82) is 0 Å². The van der Waals surface area contributed by atoms with Crippen LogP contribution in [-0.4, -0.2) is 60.3 Å². The molecule has 0 spiro atoms. The summed E-state index contributed by atoms with van der Waals surface area (Å²) in [4.78, 5) is 22.4. The minimum atomic E-state index is -0.413. The third-order valence-electron chi connectivity index (χ3n) is 6.00. The van der Waals surface area contributed by atoms with Gasteiger partial charge in [-0.25, -0.2) is 9.37 Å². The topological polar surface area (TPSA) is 71.7 Å². The number of nitrogens with zero attached hydrogens (tertiary/aromatic N) is 4. The predicted octanol–water partition coefficient (Wildman–Crippen LogP) is 5.42. The molecule has 35 heavy (non-hydrogen) atoms. The number of halogens is 2. The standard InChI is InChI=1S/C25H24ClFN4O3S/c1-16-21(22(29-34-16)17-6-2-3-7-18(17)26)24(32)31(11-5-10-30-12-14-33-15-13-30)25-28-23-19(27)8-4-9-20(23)35-25/h2-4,6-9H,5,10-15H2,1H3. The summed E-state index contributed by atoms with van der Waals surface area (Å²) in [6.45, 7) is 6.06. The maximum Gasteiger partial charge on any atom is 0.265 e. The van der Waals surface area contributed by atoms with E-state index in [1.54, 1.807) is 36.1 Å². The number of amides is 1. The molecule has 7 nitrogen and oxygen atoms in total. The summed E-state index contributed by atoms with van der Waals surface area (Å²) in [6, 6.07) is 12.0. The number of aromatic nitrogens is 2. The number of carbonyl (C=O) groups is 1. The van der Waals surface area contributed by atoms with E-state index in [1.807, 2.05) is 12.1 Å².